The molecule has 2 unspecified atom stereocenters. The molecule has 1 saturated heterocycles. The smallest absolute Gasteiger partial charge is 0.133 e. The van der Waals surface area contributed by atoms with Crippen molar-refractivity contribution in [3.63, 3.8) is 0 Å². The lowest BCUT2D eigenvalue weighted by atomic mass is 10.2. The monoisotopic (exact) mass is 313 g/mol. The third-order valence-corrected chi connectivity index (χ3v) is 3.74. The first-order valence-electron chi connectivity index (χ1n) is 6.40. The summed E-state index contributed by atoms with van der Waals surface area (Å²) >= 11 is 3.54. The van der Waals surface area contributed by atoms with Gasteiger partial charge in [-0.3, -0.25) is 0 Å². The van der Waals surface area contributed by atoms with Gasteiger partial charge in [-0.25, -0.2) is 0 Å². The Balaban J connectivity index is 1.89. The minimum Gasteiger partial charge on any atom is -0.490 e. The summed E-state index contributed by atoms with van der Waals surface area (Å²) in [7, 11) is 1.94. The molecule has 1 fully saturated rings. The highest BCUT2D eigenvalue weighted by atomic mass is 79.9. The Hall–Kier alpha value is -0.580. The lowest BCUT2D eigenvalue weighted by molar-refractivity contribution is 0.0263. The molecule has 18 heavy (non-hydrogen) atoms. The van der Waals surface area contributed by atoms with Crippen molar-refractivity contribution >= 4 is 15.9 Å². The van der Waals surface area contributed by atoms with Crippen molar-refractivity contribution in [1.29, 1.82) is 0 Å². The van der Waals surface area contributed by atoms with E-state index in [2.05, 4.69) is 40.3 Å². The number of rotatable bonds is 5. The Kier molecular flexibility index (Phi) is 5.03. The van der Waals surface area contributed by atoms with Crippen LogP contribution in [0.25, 0.3) is 0 Å². The molecule has 0 saturated carbocycles. The summed E-state index contributed by atoms with van der Waals surface area (Å²) in [6.45, 7) is 3.61. The lowest BCUT2D eigenvalue weighted by Gasteiger charge is -2.14. The number of ether oxygens (including phenoxy) is 2. The van der Waals surface area contributed by atoms with Gasteiger partial charge in [0.15, 0.2) is 0 Å². The number of nitrogens with one attached hydrogen (secondary N) is 1. The second-order valence-electron chi connectivity index (χ2n) is 4.75. The third-order valence-electron chi connectivity index (χ3n) is 3.12. The van der Waals surface area contributed by atoms with Crippen molar-refractivity contribution in [1.82, 2.24) is 5.32 Å². The van der Waals surface area contributed by atoms with Crippen LogP contribution in [0.5, 0.6) is 5.75 Å². The topological polar surface area (TPSA) is 30.5 Å². The van der Waals surface area contributed by atoms with Gasteiger partial charge < -0.3 is 14.8 Å². The minimum atomic E-state index is 0.240. The fourth-order valence-corrected chi connectivity index (χ4v) is 2.71. The van der Waals surface area contributed by atoms with Gasteiger partial charge in [-0.2, -0.15) is 0 Å². The molecule has 1 heterocycles. The highest BCUT2D eigenvalue weighted by molar-refractivity contribution is 9.10. The quantitative estimate of drug-likeness (QED) is 0.906. The van der Waals surface area contributed by atoms with Crippen molar-refractivity contribution < 1.29 is 9.47 Å². The summed E-state index contributed by atoms with van der Waals surface area (Å²) in [6.07, 6.45) is 2.84. The zero-order valence-electron chi connectivity index (χ0n) is 10.9. The molecule has 0 aliphatic carbocycles. The summed E-state index contributed by atoms with van der Waals surface area (Å²) in [5, 5.41) is 3.13. The molecule has 0 aromatic heterocycles. The third kappa shape index (κ3) is 3.70. The van der Waals surface area contributed by atoms with Crippen LogP contribution in [0.4, 0.5) is 0 Å². The molecule has 1 aromatic carbocycles. The van der Waals surface area contributed by atoms with Gasteiger partial charge in [0.1, 0.15) is 12.4 Å². The second-order valence-corrected chi connectivity index (χ2v) is 5.61. The van der Waals surface area contributed by atoms with E-state index in [0.29, 0.717) is 12.7 Å². The van der Waals surface area contributed by atoms with E-state index in [0.717, 1.165) is 29.6 Å². The van der Waals surface area contributed by atoms with Gasteiger partial charge in [0.05, 0.1) is 16.7 Å². The van der Waals surface area contributed by atoms with Gasteiger partial charge >= 0.3 is 0 Å². The van der Waals surface area contributed by atoms with Crippen LogP contribution >= 0.6 is 15.9 Å². The van der Waals surface area contributed by atoms with E-state index in [4.69, 9.17) is 9.47 Å². The second kappa shape index (κ2) is 6.55. The Morgan fingerprint density at radius 3 is 2.89 bits per heavy atom. The number of hydrogen-bond acceptors (Lipinski definition) is 3. The lowest BCUT2D eigenvalue weighted by Crippen LogP contribution is -2.18. The van der Waals surface area contributed by atoms with Crippen molar-refractivity contribution in [2.75, 3.05) is 13.7 Å². The highest BCUT2D eigenvalue weighted by Crippen LogP contribution is 2.27. The molecule has 4 heteroatoms. The molecular weight excluding hydrogens is 294 g/mol. The molecule has 100 valence electrons. The number of hydrogen-bond donors (Lipinski definition) is 1. The van der Waals surface area contributed by atoms with E-state index in [-0.39, 0.29) is 6.10 Å². The van der Waals surface area contributed by atoms with Crippen LogP contribution < -0.4 is 10.1 Å². The maximum Gasteiger partial charge on any atom is 0.133 e. The molecule has 0 radical (unpaired) electrons. The van der Waals surface area contributed by atoms with Gasteiger partial charge in [0.2, 0.25) is 0 Å². The van der Waals surface area contributed by atoms with E-state index >= 15 is 0 Å². The Bertz CT molecular complexity index is 397. The molecule has 0 spiro atoms. The summed E-state index contributed by atoms with van der Waals surface area (Å²) in [4.78, 5) is 0. The SMILES string of the molecule is CNCc1ccc(OCC2CCC(C)O2)c(Br)c1. The Labute approximate surface area is 117 Å². The summed E-state index contributed by atoms with van der Waals surface area (Å²) < 4.78 is 12.5. The standard InChI is InChI=1S/C14H20BrNO2/c1-10-3-5-12(18-10)9-17-14-6-4-11(8-16-2)7-13(14)15/h4,6-7,10,12,16H,3,5,8-9H2,1-2H3. The zero-order chi connectivity index (χ0) is 13.0. The van der Waals surface area contributed by atoms with Crippen LogP contribution in [0.15, 0.2) is 22.7 Å². The van der Waals surface area contributed by atoms with E-state index < -0.39 is 0 Å². The van der Waals surface area contributed by atoms with Crippen LogP contribution in [-0.2, 0) is 11.3 Å². The molecule has 2 rings (SSSR count). The van der Waals surface area contributed by atoms with E-state index in [1.54, 1.807) is 0 Å². The Morgan fingerprint density at radius 1 is 1.44 bits per heavy atom. The van der Waals surface area contributed by atoms with Crippen molar-refractivity contribution in [3.8, 4) is 5.75 Å². The normalized spacial score (nSPS) is 23.3. The summed E-state index contributed by atoms with van der Waals surface area (Å²) in [5.41, 5.74) is 1.24. The summed E-state index contributed by atoms with van der Waals surface area (Å²) in [6, 6.07) is 6.17. The molecule has 2 atom stereocenters. The summed E-state index contributed by atoms with van der Waals surface area (Å²) in [5.74, 6) is 0.887. The molecule has 1 aromatic rings. The predicted molar refractivity (Wildman–Crippen MR) is 76.0 cm³/mol. The Morgan fingerprint density at radius 2 is 2.28 bits per heavy atom. The van der Waals surface area contributed by atoms with Gasteiger partial charge in [0.25, 0.3) is 0 Å². The average molecular weight is 314 g/mol. The fraction of sp³-hybridized carbons (Fsp3) is 0.571. The first-order valence-corrected chi connectivity index (χ1v) is 7.19. The highest BCUT2D eigenvalue weighted by Gasteiger charge is 2.22. The van der Waals surface area contributed by atoms with Crippen LogP contribution in [0.1, 0.15) is 25.3 Å². The van der Waals surface area contributed by atoms with Crippen LogP contribution in [0.3, 0.4) is 0 Å². The number of halogens is 1. The van der Waals surface area contributed by atoms with E-state index in [1.165, 1.54) is 5.56 Å². The first-order chi connectivity index (χ1) is 8.69. The first kappa shape index (κ1) is 13.8. The van der Waals surface area contributed by atoms with Crippen LogP contribution in [0, 0.1) is 0 Å². The molecule has 3 nitrogen and oxygen atoms in total. The molecule has 1 aliphatic heterocycles. The fourth-order valence-electron chi connectivity index (χ4n) is 2.17. The zero-order valence-corrected chi connectivity index (χ0v) is 12.5. The predicted octanol–water partition coefficient (Wildman–Crippen LogP) is 3.11. The van der Waals surface area contributed by atoms with E-state index in [9.17, 15) is 0 Å². The average Bonchev–Trinajstić information content (AvgIpc) is 2.74. The van der Waals surface area contributed by atoms with Gasteiger partial charge in [0, 0.05) is 6.54 Å². The molecule has 1 N–H and O–H groups in total. The molecular formula is C14H20BrNO2. The maximum absolute atomic E-state index is 5.81. The molecule has 0 bridgehead atoms. The molecule has 1 aliphatic rings. The van der Waals surface area contributed by atoms with Crippen molar-refractivity contribution in [2.45, 2.75) is 38.5 Å². The van der Waals surface area contributed by atoms with Gasteiger partial charge in [-0.15, -0.1) is 0 Å². The van der Waals surface area contributed by atoms with Crippen LogP contribution in [-0.4, -0.2) is 25.9 Å². The number of benzene rings is 1. The van der Waals surface area contributed by atoms with Gasteiger partial charge in [-0.05, 0) is 60.4 Å². The largest absolute Gasteiger partial charge is 0.490 e. The van der Waals surface area contributed by atoms with E-state index in [1.807, 2.05) is 13.1 Å². The minimum absolute atomic E-state index is 0.240. The maximum atomic E-state index is 5.81. The van der Waals surface area contributed by atoms with Crippen molar-refractivity contribution in [3.05, 3.63) is 28.2 Å². The van der Waals surface area contributed by atoms with Gasteiger partial charge in [-0.1, -0.05) is 6.07 Å². The van der Waals surface area contributed by atoms with Crippen LogP contribution in [0.2, 0.25) is 0 Å². The van der Waals surface area contributed by atoms with Crippen molar-refractivity contribution in [2.24, 2.45) is 0 Å². The molecule has 0 amide bonds.